The Kier molecular flexibility index (Phi) is 4.61. The van der Waals surface area contributed by atoms with Crippen molar-refractivity contribution in [3.8, 4) is 17.2 Å². The molecule has 0 saturated carbocycles. The lowest BCUT2D eigenvalue weighted by molar-refractivity contribution is -0.135. The van der Waals surface area contributed by atoms with Gasteiger partial charge in [-0.05, 0) is 54.1 Å². The van der Waals surface area contributed by atoms with Crippen LogP contribution < -0.4 is 19.1 Å². The summed E-state index contributed by atoms with van der Waals surface area (Å²) in [6, 6.07) is 18.2. The fourth-order valence-corrected chi connectivity index (χ4v) is 3.21. The number of carbonyl (C=O) groups is 2. The standard InChI is InChI=1S/C22H19NO5/c1-14-22(25)23(19-5-3-4-6-20(19)27-14)13-21(24)28-18-10-8-15-7-9-17(26-2)11-16(15)12-18/h3-12,14H,13H2,1-2H3. The van der Waals surface area contributed by atoms with Crippen LogP contribution >= 0.6 is 0 Å². The number of esters is 1. The highest BCUT2D eigenvalue weighted by molar-refractivity contribution is 6.03. The first-order chi connectivity index (χ1) is 13.5. The number of para-hydroxylation sites is 2. The molecule has 1 aliphatic rings. The fourth-order valence-electron chi connectivity index (χ4n) is 3.21. The van der Waals surface area contributed by atoms with E-state index < -0.39 is 12.1 Å². The van der Waals surface area contributed by atoms with Crippen molar-refractivity contribution in [2.45, 2.75) is 13.0 Å². The summed E-state index contributed by atoms with van der Waals surface area (Å²) in [5, 5.41) is 1.90. The van der Waals surface area contributed by atoms with Crippen LogP contribution in [0.1, 0.15) is 6.92 Å². The Balaban J connectivity index is 1.54. The average molecular weight is 377 g/mol. The Labute approximate surface area is 162 Å². The van der Waals surface area contributed by atoms with Gasteiger partial charge in [-0.3, -0.25) is 9.69 Å². The van der Waals surface area contributed by atoms with Crippen molar-refractivity contribution in [3.63, 3.8) is 0 Å². The zero-order valence-electron chi connectivity index (χ0n) is 15.5. The van der Waals surface area contributed by atoms with Crippen molar-refractivity contribution in [3.05, 3.63) is 60.7 Å². The lowest BCUT2D eigenvalue weighted by atomic mass is 10.1. The second-order valence-corrected chi connectivity index (χ2v) is 6.50. The molecule has 0 fully saturated rings. The minimum absolute atomic E-state index is 0.195. The summed E-state index contributed by atoms with van der Waals surface area (Å²) in [5.74, 6) is 0.895. The molecule has 0 aliphatic carbocycles. The van der Waals surface area contributed by atoms with E-state index in [0.717, 1.165) is 16.5 Å². The van der Waals surface area contributed by atoms with Crippen molar-refractivity contribution < 1.29 is 23.8 Å². The second-order valence-electron chi connectivity index (χ2n) is 6.50. The van der Waals surface area contributed by atoms with E-state index in [1.807, 2.05) is 30.3 Å². The van der Waals surface area contributed by atoms with Gasteiger partial charge < -0.3 is 14.2 Å². The Bertz CT molecular complexity index is 1060. The smallest absolute Gasteiger partial charge is 0.331 e. The van der Waals surface area contributed by atoms with Crippen LogP contribution in [0, 0.1) is 0 Å². The number of nitrogens with zero attached hydrogens (tertiary/aromatic N) is 1. The molecule has 6 nitrogen and oxygen atoms in total. The van der Waals surface area contributed by atoms with Gasteiger partial charge in [0.2, 0.25) is 0 Å². The Morgan fingerprint density at radius 1 is 1.04 bits per heavy atom. The topological polar surface area (TPSA) is 65.1 Å². The van der Waals surface area contributed by atoms with Gasteiger partial charge >= 0.3 is 5.97 Å². The molecule has 1 aliphatic heterocycles. The molecule has 0 bridgehead atoms. The molecule has 0 spiro atoms. The number of fused-ring (bicyclic) bond motifs is 2. The average Bonchev–Trinajstić information content (AvgIpc) is 2.70. The van der Waals surface area contributed by atoms with E-state index in [2.05, 4.69) is 0 Å². The summed E-state index contributed by atoms with van der Waals surface area (Å²) < 4.78 is 16.3. The maximum Gasteiger partial charge on any atom is 0.331 e. The number of hydrogen-bond donors (Lipinski definition) is 0. The molecule has 4 rings (SSSR count). The Morgan fingerprint density at radius 3 is 2.54 bits per heavy atom. The molecular weight excluding hydrogens is 358 g/mol. The predicted octanol–water partition coefficient (Wildman–Crippen LogP) is 3.57. The molecule has 0 aromatic heterocycles. The van der Waals surface area contributed by atoms with Gasteiger partial charge in [-0.2, -0.15) is 0 Å². The van der Waals surface area contributed by atoms with Crippen molar-refractivity contribution in [2.75, 3.05) is 18.6 Å². The van der Waals surface area contributed by atoms with Crippen LogP contribution in [-0.2, 0) is 9.59 Å². The van der Waals surface area contributed by atoms with Gasteiger partial charge in [0.05, 0.1) is 12.8 Å². The maximum absolute atomic E-state index is 12.5. The highest BCUT2D eigenvalue weighted by Crippen LogP contribution is 2.33. The Morgan fingerprint density at radius 2 is 1.75 bits per heavy atom. The Hall–Kier alpha value is -3.54. The first-order valence-electron chi connectivity index (χ1n) is 8.91. The van der Waals surface area contributed by atoms with Crippen LogP contribution in [0.15, 0.2) is 60.7 Å². The largest absolute Gasteiger partial charge is 0.497 e. The van der Waals surface area contributed by atoms with E-state index in [1.165, 1.54) is 4.90 Å². The van der Waals surface area contributed by atoms with Gasteiger partial charge in [-0.15, -0.1) is 0 Å². The molecule has 0 saturated heterocycles. The summed E-state index contributed by atoms with van der Waals surface area (Å²) in [6.07, 6.45) is -0.657. The number of rotatable bonds is 4. The van der Waals surface area contributed by atoms with Crippen molar-refractivity contribution in [1.82, 2.24) is 0 Å². The lowest BCUT2D eigenvalue weighted by Crippen LogP contribution is -2.47. The van der Waals surface area contributed by atoms with Crippen LogP contribution in [-0.4, -0.2) is 31.6 Å². The lowest BCUT2D eigenvalue weighted by Gasteiger charge is -2.32. The first-order valence-corrected chi connectivity index (χ1v) is 8.91. The van der Waals surface area contributed by atoms with E-state index in [-0.39, 0.29) is 12.5 Å². The van der Waals surface area contributed by atoms with E-state index >= 15 is 0 Å². The SMILES string of the molecule is COc1ccc2ccc(OC(=O)CN3C(=O)C(C)Oc4ccccc43)cc2c1. The highest BCUT2D eigenvalue weighted by Gasteiger charge is 2.32. The van der Waals surface area contributed by atoms with E-state index in [1.54, 1.807) is 44.4 Å². The third-order valence-corrected chi connectivity index (χ3v) is 4.61. The molecule has 0 radical (unpaired) electrons. The quantitative estimate of drug-likeness (QED) is 0.514. The van der Waals surface area contributed by atoms with Crippen molar-refractivity contribution in [2.24, 2.45) is 0 Å². The minimum atomic E-state index is -0.657. The van der Waals surface area contributed by atoms with Gasteiger partial charge in [0.25, 0.3) is 5.91 Å². The zero-order chi connectivity index (χ0) is 19.7. The first kappa shape index (κ1) is 17.9. The molecule has 0 N–H and O–H groups in total. The van der Waals surface area contributed by atoms with Crippen molar-refractivity contribution >= 4 is 28.3 Å². The van der Waals surface area contributed by atoms with Crippen LogP contribution in [0.4, 0.5) is 5.69 Å². The molecule has 142 valence electrons. The summed E-state index contributed by atoms with van der Waals surface area (Å²) in [7, 11) is 1.60. The normalized spacial score (nSPS) is 15.7. The third-order valence-electron chi connectivity index (χ3n) is 4.61. The zero-order valence-corrected chi connectivity index (χ0v) is 15.5. The van der Waals surface area contributed by atoms with Crippen LogP contribution in [0.2, 0.25) is 0 Å². The van der Waals surface area contributed by atoms with Gasteiger partial charge in [0, 0.05) is 0 Å². The molecule has 1 heterocycles. The number of anilines is 1. The second kappa shape index (κ2) is 7.23. The predicted molar refractivity (Wildman–Crippen MR) is 105 cm³/mol. The van der Waals surface area contributed by atoms with Gasteiger partial charge in [0.1, 0.15) is 23.8 Å². The van der Waals surface area contributed by atoms with E-state index in [9.17, 15) is 9.59 Å². The maximum atomic E-state index is 12.5. The molecular formula is C22H19NO5. The number of benzene rings is 3. The van der Waals surface area contributed by atoms with Crippen LogP contribution in [0.3, 0.4) is 0 Å². The summed E-state index contributed by atoms with van der Waals surface area (Å²) in [6.45, 7) is 1.47. The van der Waals surface area contributed by atoms with Gasteiger partial charge in [0.15, 0.2) is 6.10 Å². The molecule has 3 aromatic carbocycles. The number of ether oxygens (including phenoxy) is 3. The van der Waals surface area contributed by atoms with Crippen LogP contribution in [0.25, 0.3) is 10.8 Å². The van der Waals surface area contributed by atoms with Crippen LogP contribution in [0.5, 0.6) is 17.2 Å². The monoisotopic (exact) mass is 377 g/mol. The van der Waals surface area contributed by atoms with Gasteiger partial charge in [-0.1, -0.05) is 24.3 Å². The molecule has 1 unspecified atom stereocenters. The number of methoxy groups -OCH3 is 1. The number of amides is 1. The molecule has 1 amide bonds. The summed E-state index contributed by atoms with van der Waals surface area (Å²) in [4.78, 5) is 26.4. The van der Waals surface area contributed by atoms with Gasteiger partial charge in [-0.25, -0.2) is 4.79 Å². The summed E-state index contributed by atoms with van der Waals surface area (Å²) in [5.41, 5.74) is 0.561. The third kappa shape index (κ3) is 3.36. The van der Waals surface area contributed by atoms with E-state index in [4.69, 9.17) is 14.2 Å². The molecule has 3 aromatic rings. The minimum Gasteiger partial charge on any atom is -0.497 e. The molecule has 1 atom stereocenters. The fraction of sp³-hybridized carbons (Fsp3) is 0.182. The summed E-state index contributed by atoms with van der Waals surface area (Å²) >= 11 is 0. The highest BCUT2D eigenvalue weighted by atomic mass is 16.5. The molecule has 28 heavy (non-hydrogen) atoms. The van der Waals surface area contributed by atoms with Crippen molar-refractivity contribution in [1.29, 1.82) is 0 Å². The van der Waals surface area contributed by atoms with E-state index in [0.29, 0.717) is 17.2 Å². The molecule has 6 heteroatoms. The number of hydrogen-bond acceptors (Lipinski definition) is 5. The number of carbonyl (C=O) groups excluding carboxylic acids is 2.